The van der Waals surface area contributed by atoms with E-state index >= 15 is 0 Å². The quantitative estimate of drug-likeness (QED) is 0.401. The Morgan fingerprint density at radius 3 is 1.27 bits per heavy atom. The SMILES string of the molecule is C=CCO[Si](Oc1ccccc1)(Oc1ccccc1)Oc1ccccc1. The van der Waals surface area contributed by atoms with Crippen molar-refractivity contribution in [2.24, 2.45) is 0 Å². The second-order valence-electron chi connectivity index (χ2n) is 5.35. The topological polar surface area (TPSA) is 36.9 Å². The van der Waals surface area contributed by atoms with Gasteiger partial charge in [0, 0.05) is 0 Å². The minimum Gasteiger partial charge on any atom is -0.462 e. The molecule has 3 aromatic carbocycles. The summed E-state index contributed by atoms with van der Waals surface area (Å²) in [7, 11) is -3.61. The van der Waals surface area contributed by atoms with Crippen molar-refractivity contribution in [3.63, 3.8) is 0 Å². The maximum atomic E-state index is 6.14. The molecule has 132 valence electrons. The van der Waals surface area contributed by atoms with E-state index in [0.29, 0.717) is 17.2 Å². The van der Waals surface area contributed by atoms with Crippen LogP contribution in [0.5, 0.6) is 17.2 Å². The lowest BCUT2D eigenvalue weighted by atomic mass is 10.3. The third-order valence-corrected chi connectivity index (χ3v) is 5.31. The zero-order valence-corrected chi connectivity index (χ0v) is 15.3. The molecular formula is C21H20O4Si. The molecule has 3 rings (SSSR count). The zero-order valence-electron chi connectivity index (χ0n) is 14.3. The first-order valence-corrected chi connectivity index (χ1v) is 9.90. The molecule has 0 unspecified atom stereocenters. The Hall–Kier alpha value is -3.02. The van der Waals surface area contributed by atoms with E-state index < -0.39 is 9.05 Å². The Balaban J connectivity index is 1.95. The van der Waals surface area contributed by atoms with Gasteiger partial charge in [-0.05, 0) is 36.4 Å². The third kappa shape index (κ3) is 4.99. The predicted molar refractivity (Wildman–Crippen MR) is 103 cm³/mol. The normalized spacial score (nSPS) is 10.8. The van der Waals surface area contributed by atoms with E-state index in [1.54, 1.807) is 6.08 Å². The minimum atomic E-state index is -3.61. The van der Waals surface area contributed by atoms with Crippen LogP contribution in [0.25, 0.3) is 0 Å². The van der Waals surface area contributed by atoms with Gasteiger partial charge in [0.15, 0.2) is 0 Å². The number of hydrogen-bond donors (Lipinski definition) is 0. The van der Waals surface area contributed by atoms with Crippen LogP contribution in [0.2, 0.25) is 0 Å². The lowest BCUT2D eigenvalue weighted by Crippen LogP contribution is -2.57. The lowest BCUT2D eigenvalue weighted by Gasteiger charge is -2.28. The Morgan fingerprint density at radius 2 is 0.962 bits per heavy atom. The van der Waals surface area contributed by atoms with Gasteiger partial charge < -0.3 is 17.7 Å². The molecule has 0 atom stereocenters. The average Bonchev–Trinajstić information content (AvgIpc) is 2.69. The van der Waals surface area contributed by atoms with Gasteiger partial charge in [0.2, 0.25) is 0 Å². The summed E-state index contributed by atoms with van der Waals surface area (Å²) in [6.45, 7) is 3.95. The first kappa shape index (κ1) is 17.8. The van der Waals surface area contributed by atoms with Gasteiger partial charge in [-0.25, -0.2) is 0 Å². The summed E-state index contributed by atoms with van der Waals surface area (Å²) in [4.78, 5) is 0. The highest BCUT2D eigenvalue weighted by Crippen LogP contribution is 2.24. The van der Waals surface area contributed by atoms with Gasteiger partial charge in [-0.15, -0.1) is 6.58 Å². The lowest BCUT2D eigenvalue weighted by molar-refractivity contribution is 0.104. The summed E-state index contributed by atoms with van der Waals surface area (Å²) in [5.74, 6) is 1.82. The highest BCUT2D eigenvalue weighted by atomic mass is 28.4. The van der Waals surface area contributed by atoms with E-state index in [0.717, 1.165) is 0 Å². The summed E-state index contributed by atoms with van der Waals surface area (Å²) in [5.41, 5.74) is 0. The molecule has 0 saturated heterocycles. The fourth-order valence-electron chi connectivity index (χ4n) is 2.21. The van der Waals surface area contributed by atoms with Crippen molar-refractivity contribution in [3.05, 3.63) is 104 Å². The third-order valence-electron chi connectivity index (χ3n) is 3.34. The number of para-hydroxylation sites is 3. The van der Waals surface area contributed by atoms with Crippen molar-refractivity contribution < 1.29 is 17.7 Å². The monoisotopic (exact) mass is 364 g/mol. The molecule has 0 spiro atoms. The molecular weight excluding hydrogens is 344 g/mol. The fourth-order valence-corrected chi connectivity index (χ4v) is 4.11. The average molecular weight is 364 g/mol. The van der Waals surface area contributed by atoms with Gasteiger partial charge in [-0.3, -0.25) is 0 Å². The van der Waals surface area contributed by atoms with Crippen molar-refractivity contribution in [1.29, 1.82) is 0 Å². The van der Waals surface area contributed by atoms with Crippen LogP contribution in [0, 0.1) is 0 Å². The van der Waals surface area contributed by atoms with E-state index in [2.05, 4.69) is 6.58 Å². The molecule has 0 heterocycles. The zero-order chi connectivity index (χ0) is 18.1. The summed E-state index contributed by atoms with van der Waals surface area (Å²) < 4.78 is 24.4. The number of benzene rings is 3. The van der Waals surface area contributed by atoms with Gasteiger partial charge in [-0.2, -0.15) is 0 Å². The van der Waals surface area contributed by atoms with E-state index in [4.69, 9.17) is 17.7 Å². The van der Waals surface area contributed by atoms with Gasteiger partial charge in [0.1, 0.15) is 17.2 Å². The maximum absolute atomic E-state index is 6.14. The molecule has 3 aromatic rings. The largest absolute Gasteiger partial charge is 0.893 e. The van der Waals surface area contributed by atoms with Crippen LogP contribution in [-0.4, -0.2) is 15.7 Å². The Morgan fingerprint density at radius 1 is 0.615 bits per heavy atom. The Kier molecular flexibility index (Phi) is 6.08. The molecule has 0 bridgehead atoms. The highest BCUT2D eigenvalue weighted by Gasteiger charge is 2.54. The molecule has 0 saturated carbocycles. The predicted octanol–water partition coefficient (Wildman–Crippen LogP) is 4.86. The maximum Gasteiger partial charge on any atom is 0.893 e. The van der Waals surface area contributed by atoms with Crippen molar-refractivity contribution in [2.45, 2.75) is 0 Å². The van der Waals surface area contributed by atoms with E-state index in [1.807, 2.05) is 91.0 Å². The van der Waals surface area contributed by atoms with Gasteiger partial charge in [0.25, 0.3) is 0 Å². The summed E-state index contributed by atoms with van der Waals surface area (Å²) in [6, 6.07) is 28.0. The van der Waals surface area contributed by atoms with E-state index in [1.165, 1.54) is 0 Å². The van der Waals surface area contributed by atoms with Crippen LogP contribution in [0.15, 0.2) is 104 Å². The van der Waals surface area contributed by atoms with Crippen LogP contribution < -0.4 is 13.3 Å². The van der Waals surface area contributed by atoms with Crippen molar-refractivity contribution >= 4 is 9.05 Å². The van der Waals surface area contributed by atoms with Crippen LogP contribution in [-0.2, 0) is 4.43 Å². The molecule has 26 heavy (non-hydrogen) atoms. The molecule has 0 aliphatic carbocycles. The van der Waals surface area contributed by atoms with E-state index in [-0.39, 0.29) is 6.61 Å². The second-order valence-corrected chi connectivity index (χ2v) is 7.25. The van der Waals surface area contributed by atoms with Crippen molar-refractivity contribution in [1.82, 2.24) is 0 Å². The first-order chi connectivity index (χ1) is 12.8. The molecule has 0 aliphatic heterocycles. The molecule has 5 heteroatoms. The van der Waals surface area contributed by atoms with Crippen LogP contribution in [0.3, 0.4) is 0 Å². The molecule has 0 fully saturated rings. The molecule has 0 amide bonds. The minimum absolute atomic E-state index is 0.235. The summed E-state index contributed by atoms with van der Waals surface area (Å²) >= 11 is 0. The Labute approximate surface area is 154 Å². The van der Waals surface area contributed by atoms with Gasteiger partial charge in [-0.1, -0.05) is 60.7 Å². The molecule has 0 aliphatic rings. The van der Waals surface area contributed by atoms with E-state index in [9.17, 15) is 0 Å². The summed E-state index contributed by atoms with van der Waals surface area (Å²) in [6.07, 6.45) is 1.64. The smallest absolute Gasteiger partial charge is 0.462 e. The first-order valence-electron chi connectivity index (χ1n) is 8.27. The second kappa shape index (κ2) is 8.89. The molecule has 4 nitrogen and oxygen atoms in total. The van der Waals surface area contributed by atoms with Gasteiger partial charge >= 0.3 is 9.05 Å². The Bertz CT molecular complexity index is 693. The van der Waals surface area contributed by atoms with Crippen LogP contribution in [0.4, 0.5) is 0 Å². The van der Waals surface area contributed by atoms with Crippen molar-refractivity contribution in [2.75, 3.05) is 6.61 Å². The fraction of sp³-hybridized carbons (Fsp3) is 0.0476. The summed E-state index contributed by atoms with van der Waals surface area (Å²) in [5, 5.41) is 0. The highest BCUT2D eigenvalue weighted by molar-refractivity contribution is 6.56. The van der Waals surface area contributed by atoms with Crippen LogP contribution >= 0.6 is 0 Å². The standard InChI is InChI=1S/C21H20O4Si/c1-2-18-22-26(23-19-12-6-3-7-13-19,24-20-14-8-4-9-15-20)25-21-16-10-5-11-17-21/h2-17H,1,18H2. The number of hydrogen-bond acceptors (Lipinski definition) is 4. The molecule has 0 radical (unpaired) electrons. The van der Waals surface area contributed by atoms with Gasteiger partial charge in [0.05, 0.1) is 6.61 Å². The molecule has 0 N–H and O–H groups in total. The molecule has 0 aromatic heterocycles. The van der Waals surface area contributed by atoms with Crippen molar-refractivity contribution in [3.8, 4) is 17.2 Å². The van der Waals surface area contributed by atoms with Crippen LogP contribution in [0.1, 0.15) is 0 Å². The number of rotatable bonds is 9.